The van der Waals surface area contributed by atoms with Crippen LogP contribution in [0.3, 0.4) is 0 Å². The summed E-state index contributed by atoms with van der Waals surface area (Å²) in [7, 11) is 1.45. The van der Waals surface area contributed by atoms with Gasteiger partial charge in [-0.3, -0.25) is 14.4 Å². The van der Waals surface area contributed by atoms with Crippen LogP contribution in [0.1, 0.15) is 65.2 Å². The van der Waals surface area contributed by atoms with Crippen LogP contribution < -0.4 is 0 Å². The van der Waals surface area contributed by atoms with Crippen LogP contribution in [0.5, 0.6) is 0 Å². The molecule has 0 aromatic heterocycles. The largest absolute Gasteiger partial charge is 0.469 e. The van der Waals surface area contributed by atoms with Gasteiger partial charge in [0.05, 0.1) is 13.0 Å². The number of hydrogen-bond donors (Lipinski definition) is 0. The molecule has 1 heterocycles. The summed E-state index contributed by atoms with van der Waals surface area (Å²) in [6.07, 6.45) is 10.2. The topological polar surface area (TPSA) is 69.7 Å². The van der Waals surface area contributed by atoms with Crippen molar-refractivity contribution in [2.45, 2.75) is 70.8 Å². The van der Waals surface area contributed by atoms with Crippen LogP contribution in [0.15, 0.2) is 23.3 Å². The van der Waals surface area contributed by atoms with E-state index in [0.717, 1.165) is 37.7 Å². The number of rotatable bonds is 1. The van der Waals surface area contributed by atoms with Gasteiger partial charge in [-0.05, 0) is 38.0 Å². The van der Waals surface area contributed by atoms with Crippen molar-refractivity contribution >= 4 is 17.7 Å². The third-order valence-corrected chi connectivity index (χ3v) is 9.18. The Morgan fingerprint density at radius 1 is 1.17 bits per heavy atom. The van der Waals surface area contributed by atoms with Gasteiger partial charge < -0.3 is 9.47 Å². The van der Waals surface area contributed by atoms with Crippen molar-refractivity contribution in [3.63, 3.8) is 0 Å². The van der Waals surface area contributed by atoms with E-state index < -0.39 is 5.60 Å². The van der Waals surface area contributed by atoms with E-state index in [4.69, 9.17) is 9.47 Å². The maximum atomic E-state index is 12.9. The Balaban J connectivity index is 1.63. The van der Waals surface area contributed by atoms with E-state index in [1.54, 1.807) is 0 Å². The van der Waals surface area contributed by atoms with Crippen LogP contribution in [0.25, 0.3) is 0 Å². The highest BCUT2D eigenvalue weighted by Crippen LogP contribution is 2.68. The number of allylic oxidation sites excluding steroid dienone is 3. The number of ether oxygens (including phenoxy) is 2. The SMILES string of the molecule is COC(=O)C1C=C2CC(=O)CC[C@]2(C)C2=CC[C@@]3(C)C(CC[C@@]34CCC(=O)O4)C21. The number of carbonyl (C=O) groups excluding carboxylic acids is 3. The van der Waals surface area contributed by atoms with Crippen molar-refractivity contribution in [3.05, 3.63) is 23.3 Å². The Morgan fingerprint density at radius 3 is 2.66 bits per heavy atom. The number of Topliss-reactive ketones (excluding diaryl/α,β-unsaturated/α-hetero) is 1. The second-order valence-electron chi connectivity index (χ2n) is 10.2. The summed E-state index contributed by atoms with van der Waals surface area (Å²) in [5, 5.41) is 0. The standard InChI is InChI=1S/C24H30O5/c1-22-8-4-15(25)12-14(22)13-16(21(27)28-3)20-17(22)5-9-23(2)18(20)6-10-24(23)11-7-19(26)29-24/h5,13,16,18,20H,4,6-12H2,1-3H3/t16?,18?,20?,22-,23-,24+/m0/s1. The lowest BCUT2D eigenvalue weighted by Gasteiger charge is -2.55. The van der Waals surface area contributed by atoms with Crippen LogP contribution in [-0.2, 0) is 23.9 Å². The lowest BCUT2D eigenvalue weighted by atomic mass is 9.49. The lowest BCUT2D eigenvalue weighted by molar-refractivity contribution is -0.162. The van der Waals surface area contributed by atoms with Crippen molar-refractivity contribution < 1.29 is 23.9 Å². The minimum absolute atomic E-state index is 0.0572. The van der Waals surface area contributed by atoms with Gasteiger partial charge >= 0.3 is 11.9 Å². The second kappa shape index (κ2) is 6.05. The maximum Gasteiger partial charge on any atom is 0.313 e. The van der Waals surface area contributed by atoms with Crippen LogP contribution in [0.2, 0.25) is 0 Å². The zero-order valence-electron chi connectivity index (χ0n) is 17.6. The Morgan fingerprint density at radius 2 is 1.97 bits per heavy atom. The molecule has 3 fully saturated rings. The first kappa shape index (κ1) is 19.1. The molecule has 3 unspecified atom stereocenters. The minimum atomic E-state index is -0.398. The summed E-state index contributed by atoms with van der Waals surface area (Å²) in [6, 6.07) is 0. The molecule has 1 spiro atoms. The Labute approximate surface area is 171 Å². The van der Waals surface area contributed by atoms with Crippen molar-refractivity contribution in [2.75, 3.05) is 7.11 Å². The van der Waals surface area contributed by atoms with E-state index in [2.05, 4.69) is 26.0 Å². The molecule has 5 aliphatic rings. The molecule has 4 aliphatic carbocycles. The number of ketones is 1. The third kappa shape index (κ3) is 2.36. The molecular formula is C24H30O5. The minimum Gasteiger partial charge on any atom is -0.469 e. The van der Waals surface area contributed by atoms with Crippen molar-refractivity contribution in [3.8, 4) is 0 Å². The predicted molar refractivity (Wildman–Crippen MR) is 106 cm³/mol. The first-order valence-corrected chi connectivity index (χ1v) is 11.0. The third-order valence-electron chi connectivity index (χ3n) is 9.18. The van der Waals surface area contributed by atoms with Crippen molar-refractivity contribution in [1.82, 2.24) is 0 Å². The molecule has 2 saturated carbocycles. The molecule has 5 nitrogen and oxygen atoms in total. The molecule has 0 N–H and O–H groups in total. The fraction of sp³-hybridized carbons (Fsp3) is 0.708. The van der Waals surface area contributed by atoms with Crippen LogP contribution in [-0.4, -0.2) is 30.4 Å². The highest BCUT2D eigenvalue weighted by Gasteiger charge is 2.66. The molecule has 1 saturated heterocycles. The van der Waals surface area contributed by atoms with Gasteiger partial charge in [0, 0.05) is 36.0 Å². The second-order valence-corrected chi connectivity index (χ2v) is 10.2. The summed E-state index contributed by atoms with van der Waals surface area (Å²) in [4.78, 5) is 37.1. The number of hydrogen-bond acceptors (Lipinski definition) is 5. The van der Waals surface area contributed by atoms with Crippen LogP contribution in [0, 0.1) is 28.6 Å². The highest BCUT2D eigenvalue weighted by molar-refractivity contribution is 5.85. The van der Waals surface area contributed by atoms with Gasteiger partial charge in [-0.2, -0.15) is 0 Å². The Hall–Kier alpha value is -1.91. The fourth-order valence-electron chi connectivity index (χ4n) is 7.45. The first-order valence-electron chi connectivity index (χ1n) is 11.0. The number of fused-ring (bicyclic) bond motifs is 6. The highest BCUT2D eigenvalue weighted by atomic mass is 16.6. The Bertz CT molecular complexity index is 868. The van der Waals surface area contributed by atoms with Crippen LogP contribution >= 0.6 is 0 Å². The van der Waals surface area contributed by atoms with E-state index >= 15 is 0 Å². The van der Waals surface area contributed by atoms with Gasteiger partial charge in [-0.25, -0.2) is 0 Å². The van der Waals surface area contributed by atoms with Crippen molar-refractivity contribution in [2.24, 2.45) is 28.6 Å². The van der Waals surface area contributed by atoms with Gasteiger partial charge in [0.2, 0.25) is 0 Å². The van der Waals surface area contributed by atoms with Crippen molar-refractivity contribution in [1.29, 1.82) is 0 Å². The maximum absolute atomic E-state index is 12.9. The molecule has 0 aromatic rings. The molecule has 0 amide bonds. The van der Waals surface area contributed by atoms with E-state index in [9.17, 15) is 14.4 Å². The summed E-state index contributed by atoms with van der Waals surface area (Å²) < 4.78 is 11.2. The summed E-state index contributed by atoms with van der Waals surface area (Å²) in [6.45, 7) is 4.51. The molecular weight excluding hydrogens is 368 g/mol. The molecule has 1 aliphatic heterocycles. The van der Waals surface area contributed by atoms with E-state index in [1.165, 1.54) is 12.7 Å². The molecule has 0 bridgehead atoms. The number of esters is 2. The van der Waals surface area contributed by atoms with Gasteiger partial charge in [0.15, 0.2) is 0 Å². The fourth-order valence-corrected chi connectivity index (χ4v) is 7.45. The van der Waals surface area contributed by atoms with E-state index in [0.29, 0.717) is 19.3 Å². The van der Waals surface area contributed by atoms with E-state index in [1.807, 2.05) is 0 Å². The number of methoxy groups -OCH3 is 1. The molecule has 0 radical (unpaired) electrons. The smallest absolute Gasteiger partial charge is 0.313 e. The predicted octanol–water partition coefficient (Wildman–Crippen LogP) is 3.91. The van der Waals surface area contributed by atoms with Gasteiger partial charge in [-0.15, -0.1) is 0 Å². The average molecular weight is 398 g/mol. The zero-order valence-corrected chi connectivity index (χ0v) is 17.6. The molecule has 5 heteroatoms. The quantitative estimate of drug-likeness (QED) is 0.495. The van der Waals surface area contributed by atoms with E-state index in [-0.39, 0.29) is 46.3 Å². The number of carbonyl (C=O) groups is 3. The molecule has 29 heavy (non-hydrogen) atoms. The Kier molecular flexibility index (Phi) is 3.98. The normalized spacial score (nSPS) is 45.7. The van der Waals surface area contributed by atoms with Gasteiger partial charge in [0.1, 0.15) is 11.4 Å². The monoisotopic (exact) mass is 398 g/mol. The zero-order chi connectivity index (χ0) is 20.6. The summed E-state index contributed by atoms with van der Waals surface area (Å²) in [5.41, 5.74) is 1.71. The molecule has 156 valence electrons. The summed E-state index contributed by atoms with van der Waals surface area (Å²) >= 11 is 0. The molecule has 0 aromatic carbocycles. The molecule has 5 rings (SSSR count). The van der Waals surface area contributed by atoms with Gasteiger partial charge in [-0.1, -0.05) is 37.1 Å². The molecule has 6 atom stereocenters. The van der Waals surface area contributed by atoms with Crippen LogP contribution in [0.4, 0.5) is 0 Å². The lowest BCUT2D eigenvalue weighted by Crippen LogP contribution is -2.53. The average Bonchev–Trinajstić information content (AvgIpc) is 3.22. The first-order chi connectivity index (χ1) is 13.7. The van der Waals surface area contributed by atoms with Gasteiger partial charge in [0.25, 0.3) is 0 Å². The summed E-state index contributed by atoms with van der Waals surface area (Å²) in [5.74, 6) is -0.0877.